The van der Waals surface area contributed by atoms with Gasteiger partial charge in [-0.05, 0) is 30.5 Å². The van der Waals surface area contributed by atoms with Crippen molar-refractivity contribution in [3.63, 3.8) is 0 Å². The topological polar surface area (TPSA) is 86.5 Å². The van der Waals surface area contributed by atoms with E-state index in [1.165, 1.54) is 31.4 Å². The minimum absolute atomic E-state index is 0.0466. The van der Waals surface area contributed by atoms with E-state index in [9.17, 15) is 17.6 Å². The predicted octanol–water partition coefficient (Wildman–Crippen LogP) is 1.02. The molecule has 0 aliphatic heterocycles. The summed E-state index contributed by atoms with van der Waals surface area (Å²) in [7, 11) is -1.89. The highest BCUT2D eigenvalue weighted by molar-refractivity contribution is 7.90. The summed E-state index contributed by atoms with van der Waals surface area (Å²) < 4.78 is 40.3. The number of rotatable bonds is 7. The van der Waals surface area contributed by atoms with Crippen LogP contribution >= 0.6 is 0 Å². The molecule has 2 N–H and O–H groups in total. The summed E-state index contributed by atoms with van der Waals surface area (Å²) in [6, 6.07) is 5.41. The van der Waals surface area contributed by atoms with Crippen molar-refractivity contribution in [2.45, 2.75) is 18.3 Å². The van der Waals surface area contributed by atoms with Crippen molar-refractivity contribution in [2.24, 2.45) is 5.73 Å². The Hall–Kier alpha value is -1.47. The van der Waals surface area contributed by atoms with Crippen molar-refractivity contribution >= 4 is 15.8 Å². The first-order valence-corrected chi connectivity index (χ1v) is 8.53. The Labute approximate surface area is 124 Å². The van der Waals surface area contributed by atoms with Crippen molar-refractivity contribution in [3.8, 4) is 0 Å². The lowest BCUT2D eigenvalue weighted by atomic mass is 9.76. The molecule has 0 radical (unpaired) electrons. The zero-order chi connectivity index (χ0) is 16.1. The molecular formula is C14H20FNO4S. The average molecular weight is 317 g/mol. The molecule has 1 aromatic carbocycles. The summed E-state index contributed by atoms with van der Waals surface area (Å²) >= 11 is 0. The highest BCUT2D eigenvalue weighted by Crippen LogP contribution is 2.30. The van der Waals surface area contributed by atoms with Gasteiger partial charge in [0, 0.05) is 18.6 Å². The van der Waals surface area contributed by atoms with Crippen LogP contribution in [0.15, 0.2) is 24.3 Å². The summed E-state index contributed by atoms with van der Waals surface area (Å²) in [5.41, 5.74) is 5.12. The summed E-state index contributed by atoms with van der Waals surface area (Å²) in [5, 5.41) is 0. The fourth-order valence-electron chi connectivity index (χ4n) is 2.27. The van der Waals surface area contributed by atoms with Crippen LogP contribution in [0, 0.1) is 5.82 Å². The highest BCUT2D eigenvalue weighted by Gasteiger charge is 2.39. The Kier molecular flexibility index (Phi) is 5.86. The van der Waals surface area contributed by atoms with Crippen molar-refractivity contribution < 1.29 is 22.3 Å². The smallest absolute Gasteiger partial charge is 0.317 e. The second kappa shape index (κ2) is 7.00. The van der Waals surface area contributed by atoms with Crippen molar-refractivity contribution in [1.29, 1.82) is 0 Å². The number of carbonyl (C=O) groups is 1. The van der Waals surface area contributed by atoms with Crippen LogP contribution < -0.4 is 5.73 Å². The number of carbonyl (C=O) groups excluding carboxylic acids is 1. The fraction of sp³-hybridized carbons (Fsp3) is 0.500. The first-order valence-electron chi connectivity index (χ1n) is 6.47. The Morgan fingerprint density at radius 2 is 1.90 bits per heavy atom. The second-order valence-corrected chi connectivity index (χ2v) is 7.28. The standard InChI is InChI=1S/C14H20FNO4S/c1-20-13(17)14(10-16,8-3-9-21(2,18)19)11-4-6-12(15)7-5-11/h4-7H,3,8-10,16H2,1-2H3. The summed E-state index contributed by atoms with van der Waals surface area (Å²) in [6.07, 6.45) is 1.62. The van der Waals surface area contributed by atoms with E-state index in [1.54, 1.807) is 0 Å². The Bertz CT molecular complexity index is 585. The first-order chi connectivity index (χ1) is 9.75. The van der Waals surface area contributed by atoms with Crippen LogP contribution in [0.2, 0.25) is 0 Å². The molecule has 1 aromatic rings. The van der Waals surface area contributed by atoms with Gasteiger partial charge >= 0.3 is 5.97 Å². The SMILES string of the molecule is COC(=O)C(CN)(CCCS(C)(=O)=O)c1ccc(F)cc1. The van der Waals surface area contributed by atoms with Gasteiger partial charge in [-0.3, -0.25) is 4.79 Å². The molecule has 118 valence electrons. The zero-order valence-corrected chi connectivity index (χ0v) is 13.0. The number of ether oxygens (including phenoxy) is 1. The molecular weight excluding hydrogens is 297 g/mol. The van der Waals surface area contributed by atoms with Crippen LogP contribution in [-0.4, -0.2) is 40.1 Å². The van der Waals surface area contributed by atoms with Gasteiger partial charge in [0.1, 0.15) is 21.1 Å². The van der Waals surface area contributed by atoms with Crippen LogP contribution in [0.3, 0.4) is 0 Å². The number of benzene rings is 1. The maximum absolute atomic E-state index is 13.0. The number of hydrogen-bond acceptors (Lipinski definition) is 5. The lowest BCUT2D eigenvalue weighted by Gasteiger charge is -2.30. The highest BCUT2D eigenvalue weighted by atomic mass is 32.2. The van der Waals surface area contributed by atoms with Gasteiger partial charge in [0.05, 0.1) is 7.11 Å². The van der Waals surface area contributed by atoms with Crippen molar-refractivity contribution in [1.82, 2.24) is 0 Å². The number of sulfone groups is 1. The van der Waals surface area contributed by atoms with E-state index in [4.69, 9.17) is 10.5 Å². The molecule has 1 unspecified atom stereocenters. The molecule has 0 amide bonds. The third-order valence-electron chi connectivity index (χ3n) is 3.44. The molecule has 0 saturated heterocycles. The Morgan fingerprint density at radius 1 is 1.33 bits per heavy atom. The maximum atomic E-state index is 13.0. The van der Waals surface area contributed by atoms with Crippen LogP contribution in [0.1, 0.15) is 18.4 Å². The molecule has 0 heterocycles. The third kappa shape index (κ3) is 4.50. The van der Waals surface area contributed by atoms with E-state index < -0.39 is 27.0 Å². The number of esters is 1. The predicted molar refractivity (Wildman–Crippen MR) is 78.1 cm³/mol. The fourth-order valence-corrected chi connectivity index (χ4v) is 2.94. The maximum Gasteiger partial charge on any atom is 0.317 e. The largest absolute Gasteiger partial charge is 0.468 e. The van der Waals surface area contributed by atoms with Gasteiger partial charge < -0.3 is 10.5 Å². The van der Waals surface area contributed by atoms with Crippen LogP contribution in [0.25, 0.3) is 0 Å². The molecule has 7 heteroatoms. The molecule has 1 atom stereocenters. The van der Waals surface area contributed by atoms with Gasteiger partial charge in [-0.15, -0.1) is 0 Å². The number of methoxy groups -OCH3 is 1. The Morgan fingerprint density at radius 3 is 2.33 bits per heavy atom. The van der Waals surface area contributed by atoms with Crippen LogP contribution in [-0.2, 0) is 24.8 Å². The van der Waals surface area contributed by atoms with Gasteiger partial charge in [-0.2, -0.15) is 0 Å². The average Bonchev–Trinajstić information content (AvgIpc) is 2.43. The molecule has 1 rings (SSSR count). The minimum atomic E-state index is -3.13. The first kappa shape index (κ1) is 17.6. The quantitative estimate of drug-likeness (QED) is 0.759. The lowest BCUT2D eigenvalue weighted by Crippen LogP contribution is -2.44. The zero-order valence-electron chi connectivity index (χ0n) is 12.1. The molecule has 21 heavy (non-hydrogen) atoms. The summed E-state index contributed by atoms with van der Waals surface area (Å²) in [5.74, 6) is -1.02. The lowest BCUT2D eigenvalue weighted by molar-refractivity contribution is -0.147. The summed E-state index contributed by atoms with van der Waals surface area (Å²) in [6.45, 7) is -0.0466. The van der Waals surface area contributed by atoms with Gasteiger partial charge in [0.15, 0.2) is 0 Å². The minimum Gasteiger partial charge on any atom is -0.468 e. The molecule has 5 nitrogen and oxygen atoms in total. The van der Waals surface area contributed by atoms with E-state index in [0.29, 0.717) is 5.56 Å². The number of halogens is 1. The van der Waals surface area contributed by atoms with Gasteiger partial charge in [0.25, 0.3) is 0 Å². The monoisotopic (exact) mass is 317 g/mol. The van der Waals surface area contributed by atoms with Gasteiger partial charge in [-0.1, -0.05) is 12.1 Å². The number of hydrogen-bond donors (Lipinski definition) is 1. The molecule has 0 saturated carbocycles. The molecule has 0 aromatic heterocycles. The normalized spacial score (nSPS) is 14.5. The van der Waals surface area contributed by atoms with Gasteiger partial charge in [0.2, 0.25) is 0 Å². The second-order valence-electron chi connectivity index (χ2n) is 5.02. The number of nitrogens with two attached hydrogens (primary N) is 1. The Balaban J connectivity index is 3.10. The van der Waals surface area contributed by atoms with E-state index in [-0.39, 0.29) is 25.1 Å². The third-order valence-corrected chi connectivity index (χ3v) is 4.47. The van der Waals surface area contributed by atoms with Crippen molar-refractivity contribution in [3.05, 3.63) is 35.6 Å². The summed E-state index contributed by atoms with van der Waals surface area (Å²) in [4.78, 5) is 12.2. The van der Waals surface area contributed by atoms with E-state index >= 15 is 0 Å². The van der Waals surface area contributed by atoms with Crippen molar-refractivity contribution in [2.75, 3.05) is 25.7 Å². The molecule has 0 aliphatic rings. The molecule has 0 aliphatic carbocycles. The van der Waals surface area contributed by atoms with E-state index in [1.807, 2.05) is 0 Å². The van der Waals surface area contributed by atoms with Crippen LogP contribution in [0.4, 0.5) is 4.39 Å². The molecule has 0 spiro atoms. The van der Waals surface area contributed by atoms with E-state index in [0.717, 1.165) is 6.26 Å². The molecule has 0 bridgehead atoms. The van der Waals surface area contributed by atoms with E-state index in [2.05, 4.69) is 0 Å². The molecule has 0 fully saturated rings. The van der Waals surface area contributed by atoms with Gasteiger partial charge in [-0.25, -0.2) is 12.8 Å². The van der Waals surface area contributed by atoms with Crippen LogP contribution in [0.5, 0.6) is 0 Å².